The fraction of sp³-hybridized carbons (Fsp3) is 0.0690. The zero-order chi connectivity index (χ0) is 27.8. The summed E-state index contributed by atoms with van der Waals surface area (Å²) in [7, 11) is 0. The molecule has 3 amide bonds. The van der Waals surface area contributed by atoms with Gasteiger partial charge in [-0.1, -0.05) is 41.4 Å². The maximum Gasteiger partial charge on any atom is 0.272 e. The fourth-order valence-electron chi connectivity index (χ4n) is 3.35. The van der Waals surface area contributed by atoms with Crippen LogP contribution >= 0.6 is 35.0 Å². The van der Waals surface area contributed by atoms with Gasteiger partial charge in [-0.15, -0.1) is 11.8 Å². The van der Waals surface area contributed by atoms with E-state index in [-0.39, 0.29) is 11.6 Å². The van der Waals surface area contributed by atoms with Crippen LogP contribution in [0.25, 0.3) is 6.08 Å². The van der Waals surface area contributed by atoms with Crippen molar-refractivity contribution in [3.05, 3.63) is 118 Å². The van der Waals surface area contributed by atoms with Crippen LogP contribution in [0.5, 0.6) is 0 Å². The maximum atomic E-state index is 13.1. The number of nitrogens with one attached hydrogen (secondary N) is 3. The Kier molecular flexibility index (Phi) is 9.49. The Hall–Kier alpha value is -3.98. The standard InChI is InChI=1S/C29H23Cl2N3O4S/c1-18(27(35)33-21-11-14-24(30)25(31)16-21)39-23-12-9-20(10-13-23)32-29(37)26(17-22-8-5-15-38-22)34-28(36)19-6-3-2-4-7-19/h2-18H,1H3,(H,32,37)(H,33,35)(H,34,36)/b26-17-. The average Bonchev–Trinajstić information content (AvgIpc) is 3.45. The van der Waals surface area contributed by atoms with E-state index in [0.29, 0.717) is 32.7 Å². The van der Waals surface area contributed by atoms with E-state index in [2.05, 4.69) is 16.0 Å². The van der Waals surface area contributed by atoms with Gasteiger partial charge in [0.05, 0.1) is 21.6 Å². The third-order valence-corrected chi connectivity index (χ3v) is 7.19. The highest BCUT2D eigenvalue weighted by molar-refractivity contribution is 8.00. The highest BCUT2D eigenvalue weighted by Crippen LogP contribution is 2.28. The Bertz CT molecular complexity index is 1490. The molecule has 1 unspecified atom stereocenters. The van der Waals surface area contributed by atoms with Gasteiger partial charge in [0.15, 0.2) is 0 Å². The molecule has 7 nitrogen and oxygen atoms in total. The summed E-state index contributed by atoms with van der Waals surface area (Å²) in [5, 5.41) is 8.61. The number of rotatable bonds is 9. The minimum Gasteiger partial charge on any atom is -0.465 e. The Labute approximate surface area is 239 Å². The van der Waals surface area contributed by atoms with Crippen LogP contribution in [0, 0.1) is 0 Å². The van der Waals surface area contributed by atoms with Gasteiger partial charge in [-0.05, 0) is 73.7 Å². The van der Waals surface area contributed by atoms with Gasteiger partial charge in [0.1, 0.15) is 11.5 Å². The molecule has 39 heavy (non-hydrogen) atoms. The molecule has 0 aliphatic carbocycles. The molecule has 1 aromatic heterocycles. The van der Waals surface area contributed by atoms with Crippen LogP contribution in [0.2, 0.25) is 10.0 Å². The number of carbonyl (C=O) groups is 3. The lowest BCUT2D eigenvalue weighted by Crippen LogP contribution is -2.30. The van der Waals surface area contributed by atoms with Crippen LogP contribution in [-0.2, 0) is 9.59 Å². The van der Waals surface area contributed by atoms with Gasteiger partial charge in [-0.25, -0.2) is 0 Å². The van der Waals surface area contributed by atoms with Gasteiger partial charge < -0.3 is 20.4 Å². The predicted octanol–water partition coefficient (Wildman–Crippen LogP) is 7.12. The summed E-state index contributed by atoms with van der Waals surface area (Å²) in [6.45, 7) is 1.79. The fourth-order valence-corrected chi connectivity index (χ4v) is 4.51. The topological polar surface area (TPSA) is 100 Å². The predicted molar refractivity (Wildman–Crippen MR) is 156 cm³/mol. The van der Waals surface area contributed by atoms with E-state index in [1.807, 2.05) is 0 Å². The molecular formula is C29H23Cl2N3O4S. The second-order valence-corrected chi connectivity index (χ2v) is 10.5. The minimum absolute atomic E-state index is 0.0184. The van der Waals surface area contributed by atoms with Crippen LogP contribution in [0.4, 0.5) is 11.4 Å². The van der Waals surface area contributed by atoms with Gasteiger partial charge in [0.25, 0.3) is 11.8 Å². The van der Waals surface area contributed by atoms with Crippen LogP contribution in [0.15, 0.2) is 106 Å². The Balaban J connectivity index is 1.39. The third kappa shape index (κ3) is 8.00. The second kappa shape index (κ2) is 13.2. The van der Waals surface area contributed by atoms with Gasteiger partial charge in [-0.3, -0.25) is 14.4 Å². The molecule has 0 fully saturated rings. The van der Waals surface area contributed by atoms with Crippen molar-refractivity contribution in [2.75, 3.05) is 10.6 Å². The van der Waals surface area contributed by atoms with Crippen molar-refractivity contribution < 1.29 is 18.8 Å². The molecule has 0 aliphatic rings. The van der Waals surface area contributed by atoms with E-state index in [0.717, 1.165) is 4.90 Å². The molecule has 1 atom stereocenters. The Morgan fingerprint density at radius 1 is 0.846 bits per heavy atom. The highest BCUT2D eigenvalue weighted by Gasteiger charge is 2.17. The second-order valence-electron chi connectivity index (χ2n) is 8.25. The number of amides is 3. The quantitative estimate of drug-likeness (QED) is 0.145. The van der Waals surface area contributed by atoms with E-state index in [4.69, 9.17) is 27.6 Å². The molecule has 4 aromatic rings. The van der Waals surface area contributed by atoms with Crippen LogP contribution in [0.3, 0.4) is 0 Å². The molecule has 0 saturated heterocycles. The molecule has 0 radical (unpaired) electrons. The summed E-state index contributed by atoms with van der Waals surface area (Å²) >= 11 is 13.3. The number of hydrogen-bond donors (Lipinski definition) is 3. The molecule has 0 bridgehead atoms. The highest BCUT2D eigenvalue weighted by atomic mass is 35.5. The molecule has 10 heteroatoms. The number of thioether (sulfide) groups is 1. The minimum atomic E-state index is -0.523. The normalized spacial score (nSPS) is 11.9. The van der Waals surface area contributed by atoms with Crippen molar-refractivity contribution in [3.8, 4) is 0 Å². The van der Waals surface area contributed by atoms with Gasteiger partial charge >= 0.3 is 0 Å². The van der Waals surface area contributed by atoms with Crippen molar-refractivity contribution in [2.24, 2.45) is 0 Å². The summed E-state index contributed by atoms with van der Waals surface area (Å²) in [5.41, 5.74) is 1.49. The van der Waals surface area contributed by atoms with Crippen molar-refractivity contribution in [2.45, 2.75) is 17.1 Å². The monoisotopic (exact) mass is 579 g/mol. The van der Waals surface area contributed by atoms with Gasteiger partial charge in [0, 0.05) is 27.9 Å². The number of furan rings is 1. The molecule has 3 aromatic carbocycles. The van der Waals surface area contributed by atoms with E-state index in [1.54, 1.807) is 91.9 Å². The maximum absolute atomic E-state index is 13.1. The van der Waals surface area contributed by atoms with E-state index in [9.17, 15) is 14.4 Å². The number of halogens is 2. The van der Waals surface area contributed by atoms with Crippen LogP contribution in [-0.4, -0.2) is 23.0 Å². The lowest BCUT2D eigenvalue weighted by molar-refractivity contribution is -0.115. The van der Waals surface area contributed by atoms with E-state index >= 15 is 0 Å². The third-order valence-electron chi connectivity index (χ3n) is 5.34. The molecule has 0 saturated carbocycles. The van der Waals surface area contributed by atoms with Crippen molar-refractivity contribution >= 4 is 70.1 Å². The molecule has 4 rings (SSSR count). The number of benzene rings is 3. The first-order valence-corrected chi connectivity index (χ1v) is 13.4. The van der Waals surface area contributed by atoms with Crippen LogP contribution in [0.1, 0.15) is 23.0 Å². The first-order chi connectivity index (χ1) is 18.8. The Morgan fingerprint density at radius 3 is 2.23 bits per heavy atom. The molecule has 0 aliphatic heterocycles. The zero-order valence-corrected chi connectivity index (χ0v) is 22.9. The largest absolute Gasteiger partial charge is 0.465 e. The van der Waals surface area contributed by atoms with Crippen LogP contribution < -0.4 is 16.0 Å². The van der Waals surface area contributed by atoms with Crippen molar-refractivity contribution in [1.82, 2.24) is 5.32 Å². The molecule has 0 spiro atoms. The lowest BCUT2D eigenvalue weighted by Gasteiger charge is -2.13. The Morgan fingerprint density at radius 2 is 1.56 bits per heavy atom. The summed E-state index contributed by atoms with van der Waals surface area (Å²) in [6.07, 6.45) is 2.93. The number of carbonyl (C=O) groups excluding carboxylic acids is 3. The summed E-state index contributed by atoms with van der Waals surface area (Å²) in [6, 6.07) is 23.8. The summed E-state index contributed by atoms with van der Waals surface area (Å²) < 4.78 is 5.32. The number of hydrogen-bond acceptors (Lipinski definition) is 5. The SMILES string of the molecule is CC(Sc1ccc(NC(=O)/C(=C/c2ccco2)NC(=O)c2ccccc2)cc1)C(=O)Nc1ccc(Cl)c(Cl)c1. The first kappa shape index (κ1) is 28.0. The summed E-state index contributed by atoms with van der Waals surface area (Å²) in [4.78, 5) is 39.2. The molecule has 1 heterocycles. The van der Waals surface area contributed by atoms with E-state index in [1.165, 1.54) is 24.1 Å². The average molecular weight is 580 g/mol. The summed E-state index contributed by atoms with van der Waals surface area (Å²) in [5.74, 6) is -0.736. The lowest BCUT2D eigenvalue weighted by atomic mass is 10.2. The molecular weight excluding hydrogens is 557 g/mol. The zero-order valence-electron chi connectivity index (χ0n) is 20.6. The van der Waals surface area contributed by atoms with Gasteiger partial charge in [0.2, 0.25) is 5.91 Å². The van der Waals surface area contributed by atoms with Crippen molar-refractivity contribution in [3.63, 3.8) is 0 Å². The molecule has 198 valence electrons. The first-order valence-electron chi connectivity index (χ1n) is 11.7. The van der Waals surface area contributed by atoms with Crippen molar-refractivity contribution in [1.29, 1.82) is 0 Å². The smallest absolute Gasteiger partial charge is 0.272 e. The molecule has 3 N–H and O–H groups in total. The van der Waals surface area contributed by atoms with Gasteiger partial charge in [-0.2, -0.15) is 0 Å². The number of anilines is 2. The van der Waals surface area contributed by atoms with E-state index < -0.39 is 17.1 Å².